The van der Waals surface area contributed by atoms with Gasteiger partial charge in [0.05, 0.1) is 0 Å². The van der Waals surface area contributed by atoms with E-state index >= 15 is 0 Å². The molecule has 6 heteroatoms. The zero-order chi connectivity index (χ0) is 13.8. The molecule has 104 valence electrons. The lowest BCUT2D eigenvalue weighted by atomic mass is 9.96. The molecule has 0 aromatic heterocycles. The van der Waals surface area contributed by atoms with Gasteiger partial charge in [0, 0.05) is 19.0 Å². The number of likely N-dealkylation sites (tertiary alicyclic amines) is 1. The summed E-state index contributed by atoms with van der Waals surface area (Å²) in [6.07, 6.45) is 1.91. The van der Waals surface area contributed by atoms with Crippen LogP contribution in [-0.2, 0) is 4.74 Å². The topological polar surface area (TPSA) is 88.2 Å². The van der Waals surface area contributed by atoms with E-state index in [2.05, 4.69) is 5.16 Å². The summed E-state index contributed by atoms with van der Waals surface area (Å²) in [7, 11) is 0. The molecule has 0 aromatic carbocycles. The van der Waals surface area contributed by atoms with Crippen molar-refractivity contribution in [1.29, 1.82) is 0 Å². The Kier molecular flexibility index (Phi) is 4.81. The Hall–Kier alpha value is -1.46. The molecule has 0 spiro atoms. The van der Waals surface area contributed by atoms with Gasteiger partial charge in [0.15, 0.2) is 0 Å². The molecule has 0 atom stereocenters. The summed E-state index contributed by atoms with van der Waals surface area (Å²) in [6.45, 7) is 6.94. The number of nitrogens with two attached hydrogens (primary N) is 1. The first kappa shape index (κ1) is 14.6. The van der Waals surface area contributed by atoms with Gasteiger partial charge in [-0.15, -0.1) is 0 Å². The molecule has 1 fully saturated rings. The SMILES string of the molecule is CCC(C)(C)OC(=O)N1CCC(/C(N)=N/O)CC1. The van der Waals surface area contributed by atoms with E-state index in [4.69, 9.17) is 15.7 Å². The fraction of sp³-hybridized carbons (Fsp3) is 0.833. The maximum atomic E-state index is 11.9. The Morgan fingerprint density at radius 1 is 1.50 bits per heavy atom. The van der Waals surface area contributed by atoms with Crippen molar-refractivity contribution in [2.45, 2.75) is 45.6 Å². The largest absolute Gasteiger partial charge is 0.443 e. The molecule has 1 amide bonds. The van der Waals surface area contributed by atoms with Gasteiger partial charge in [0.25, 0.3) is 0 Å². The summed E-state index contributed by atoms with van der Waals surface area (Å²) in [5.74, 6) is 0.301. The number of amidine groups is 1. The molecular weight excluding hydrogens is 234 g/mol. The molecule has 0 radical (unpaired) electrons. The molecule has 0 bridgehead atoms. The van der Waals surface area contributed by atoms with E-state index in [0.717, 1.165) is 6.42 Å². The number of carbonyl (C=O) groups is 1. The highest BCUT2D eigenvalue weighted by Gasteiger charge is 2.29. The lowest BCUT2D eigenvalue weighted by Gasteiger charge is -2.33. The summed E-state index contributed by atoms with van der Waals surface area (Å²) in [5, 5.41) is 11.6. The molecule has 0 unspecified atom stereocenters. The molecule has 0 aromatic rings. The molecule has 1 aliphatic heterocycles. The average Bonchev–Trinajstić information content (AvgIpc) is 2.37. The first-order valence-electron chi connectivity index (χ1n) is 6.35. The number of oxime groups is 1. The highest BCUT2D eigenvalue weighted by molar-refractivity contribution is 5.82. The minimum Gasteiger partial charge on any atom is -0.443 e. The number of ether oxygens (including phenoxy) is 1. The second kappa shape index (κ2) is 5.93. The fourth-order valence-corrected chi connectivity index (χ4v) is 1.81. The number of carbonyl (C=O) groups excluding carboxylic acids is 1. The maximum Gasteiger partial charge on any atom is 0.410 e. The van der Waals surface area contributed by atoms with Crippen molar-refractivity contribution in [1.82, 2.24) is 4.90 Å². The molecule has 1 rings (SSSR count). The number of hydrogen-bond acceptors (Lipinski definition) is 4. The Morgan fingerprint density at radius 2 is 2.06 bits per heavy atom. The van der Waals surface area contributed by atoms with Crippen molar-refractivity contribution in [2.75, 3.05) is 13.1 Å². The Morgan fingerprint density at radius 3 is 2.50 bits per heavy atom. The van der Waals surface area contributed by atoms with Crippen molar-refractivity contribution in [3.05, 3.63) is 0 Å². The maximum absolute atomic E-state index is 11.9. The van der Waals surface area contributed by atoms with Gasteiger partial charge >= 0.3 is 6.09 Å². The minimum atomic E-state index is -0.431. The van der Waals surface area contributed by atoms with Gasteiger partial charge in [-0.2, -0.15) is 0 Å². The molecule has 6 nitrogen and oxygen atoms in total. The van der Waals surface area contributed by atoms with Crippen LogP contribution in [0.2, 0.25) is 0 Å². The smallest absolute Gasteiger partial charge is 0.410 e. The summed E-state index contributed by atoms with van der Waals surface area (Å²) in [6, 6.07) is 0. The van der Waals surface area contributed by atoms with Gasteiger partial charge < -0.3 is 20.6 Å². The zero-order valence-corrected chi connectivity index (χ0v) is 11.3. The van der Waals surface area contributed by atoms with Crippen LogP contribution in [0, 0.1) is 5.92 Å². The molecule has 18 heavy (non-hydrogen) atoms. The van der Waals surface area contributed by atoms with Crippen molar-refractivity contribution < 1.29 is 14.7 Å². The first-order valence-corrected chi connectivity index (χ1v) is 6.35. The molecular formula is C12H23N3O3. The van der Waals surface area contributed by atoms with Crippen LogP contribution in [-0.4, -0.2) is 40.7 Å². The number of amides is 1. The molecule has 0 aliphatic carbocycles. The van der Waals surface area contributed by atoms with Crippen LogP contribution >= 0.6 is 0 Å². The van der Waals surface area contributed by atoms with Gasteiger partial charge in [-0.3, -0.25) is 0 Å². The van der Waals surface area contributed by atoms with Crippen LogP contribution in [0.3, 0.4) is 0 Å². The number of nitrogens with zero attached hydrogens (tertiary/aromatic N) is 2. The monoisotopic (exact) mass is 257 g/mol. The lowest BCUT2D eigenvalue weighted by molar-refractivity contribution is 0.00718. The number of hydrogen-bond donors (Lipinski definition) is 2. The first-order chi connectivity index (χ1) is 8.39. The van der Waals surface area contributed by atoms with Crippen LogP contribution in [0.1, 0.15) is 40.0 Å². The van der Waals surface area contributed by atoms with Crippen molar-refractivity contribution in [3.63, 3.8) is 0 Å². The van der Waals surface area contributed by atoms with E-state index in [0.29, 0.717) is 25.9 Å². The molecule has 0 saturated carbocycles. The van der Waals surface area contributed by atoms with Crippen LogP contribution in [0.25, 0.3) is 0 Å². The van der Waals surface area contributed by atoms with E-state index in [1.807, 2.05) is 20.8 Å². The summed E-state index contributed by atoms with van der Waals surface area (Å²) >= 11 is 0. The minimum absolute atomic E-state index is 0.0539. The predicted molar refractivity (Wildman–Crippen MR) is 68.6 cm³/mol. The lowest BCUT2D eigenvalue weighted by Crippen LogP contribution is -2.44. The third-order valence-corrected chi connectivity index (χ3v) is 3.50. The number of rotatable bonds is 3. The van der Waals surface area contributed by atoms with Gasteiger partial charge in [0.2, 0.25) is 0 Å². The normalized spacial score (nSPS) is 18.8. The van der Waals surface area contributed by atoms with Crippen LogP contribution in [0.5, 0.6) is 0 Å². The van der Waals surface area contributed by atoms with E-state index < -0.39 is 5.60 Å². The van der Waals surface area contributed by atoms with Crippen molar-refractivity contribution >= 4 is 11.9 Å². The Labute approximate surface area is 108 Å². The van der Waals surface area contributed by atoms with Crippen LogP contribution in [0.15, 0.2) is 5.16 Å². The molecule has 3 N–H and O–H groups in total. The van der Waals surface area contributed by atoms with E-state index in [9.17, 15) is 4.79 Å². The standard InChI is InChI=1S/C12H23N3O3/c1-4-12(2,3)18-11(16)15-7-5-9(6-8-15)10(13)14-17/h9,17H,4-8H2,1-3H3,(H2,13,14). The second-order valence-corrected chi connectivity index (χ2v) is 5.27. The highest BCUT2D eigenvalue weighted by Crippen LogP contribution is 2.21. The zero-order valence-electron chi connectivity index (χ0n) is 11.3. The van der Waals surface area contributed by atoms with Gasteiger partial charge in [-0.1, -0.05) is 12.1 Å². The summed E-state index contributed by atoms with van der Waals surface area (Å²) in [5.41, 5.74) is 5.13. The van der Waals surface area contributed by atoms with Crippen LogP contribution < -0.4 is 5.73 Å². The summed E-state index contributed by atoms with van der Waals surface area (Å²) in [4.78, 5) is 13.6. The van der Waals surface area contributed by atoms with E-state index in [1.165, 1.54) is 0 Å². The second-order valence-electron chi connectivity index (χ2n) is 5.27. The quantitative estimate of drug-likeness (QED) is 0.349. The predicted octanol–water partition coefficient (Wildman–Crippen LogP) is 1.77. The van der Waals surface area contributed by atoms with E-state index in [1.54, 1.807) is 4.90 Å². The number of piperidine rings is 1. The highest BCUT2D eigenvalue weighted by atomic mass is 16.6. The third-order valence-electron chi connectivity index (χ3n) is 3.50. The fourth-order valence-electron chi connectivity index (χ4n) is 1.81. The Balaban J connectivity index is 2.46. The van der Waals surface area contributed by atoms with E-state index in [-0.39, 0.29) is 17.8 Å². The van der Waals surface area contributed by atoms with Gasteiger partial charge in [-0.05, 0) is 33.1 Å². The average molecular weight is 257 g/mol. The molecule has 1 heterocycles. The Bertz CT molecular complexity index is 321. The third kappa shape index (κ3) is 3.78. The van der Waals surface area contributed by atoms with Crippen LogP contribution in [0.4, 0.5) is 4.79 Å². The van der Waals surface area contributed by atoms with Crippen molar-refractivity contribution in [2.24, 2.45) is 16.8 Å². The summed E-state index contributed by atoms with van der Waals surface area (Å²) < 4.78 is 5.42. The molecule has 1 saturated heterocycles. The molecule has 1 aliphatic rings. The van der Waals surface area contributed by atoms with Crippen molar-refractivity contribution in [3.8, 4) is 0 Å². The van der Waals surface area contributed by atoms with Gasteiger partial charge in [-0.25, -0.2) is 4.79 Å². The van der Waals surface area contributed by atoms with Gasteiger partial charge in [0.1, 0.15) is 11.4 Å².